The minimum atomic E-state index is 0.0490. The molecule has 0 spiro atoms. The molecule has 3 saturated heterocycles. The number of nitrogens with zero attached hydrogens (tertiary/aromatic N) is 4. The highest BCUT2D eigenvalue weighted by atomic mass is 16.2. The fourth-order valence-electron chi connectivity index (χ4n) is 5.76. The zero-order chi connectivity index (χ0) is 18.9. The van der Waals surface area contributed by atoms with E-state index in [-0.39, 0.29) is 5.91 Å². The van der Waals surface area contributed by atoms with E-state index >= 15 is 0 Å². The first kappa shape index (κ1) is 17.8. The van der Waals surface area contributed by atoms with Crippen LogP contribution in [0.4, 0.5) is 0 Å². The molecule has 4 heterocycles. The highest BCUT2D eigenvalue weighted by Gasteiger charge is 2.45. The Balaban J connectivity index is 1.31. The zero-order valence-electron chi connectivity index (χ0n) is 16.3. The van der Waals surface area contributed by atoms with Gasteiger partial charge in [0.25, 0.3) is 5.91 Å². The highest BCUT2D eigenvalue weighted by molar-refractivity contribution is 5.92. The van der Waals surface area contributed by atoms with Crippen molar-refractivity contribution in [1.29, 1.82) is 0 Å². The van der Waals surface area contributed by atoms with Crippen LogP contribution in [0.2, 0.25) is 0 Å². The summed E-state index contributed by atoms with van der Waals surface area (Å²) in [5.41, 5.74) is 1.92. The minimum absolute atomic E-state index is 0.0490. The Hall–Kier alpha value is -2.27. The Bertz CT molecular complexity index is 812. The number of fused-ring (bicyclic) bond motifs is 4. The molecule has 2 bridgehead atoms. The van der Waals surface area contributed by atoms with Gasteiger partial charge in [-0.15, -0.1) is 5.10 Å². The second-order valence-electron chi connectivity index (χ2n) is 8.72. The predicted molar refractivity (Wildman–Crippen MR) is 108 cm³/mol. The van der Waals surface area contributed by atoms with Crippen molar-refractivity contribution in [2.45, 2.75) is 44.2 Å². The van der Waals surface area contributed by atoms with Crippen LogP contribution < -0.4 is 0 Å². The number of likely N-dealkylation sites (tertiary alicyclic amines) is 1. The van der Waals surface area contributed by atoms with Gasteiger partial charge in [0.1, 0.15) is 0 Å². The van der Waals surface area contributed by atoms with Crippen molar-refractivity contribution >= 4 is 5.91 Å². The van der Waals surface area contributed by atoms with Crippen LogP contribution in [0.1, 0.15) is 41.7 Å². The molecule has 0 radical (unpaired) electrons. The number of aromatic nitrogens is 2. The predicted octanol–water partition coefficient (Wildman–Crippen LogP) is 3.03. The van der Waals surface area contributed by atoms with E-state index in [1.807, 2.05) is 4.90 Å². The lowest BCUT2D eigenvalue weighted by atomic mass is 9.74. The topological polar surface area (TPSA) is 49.3 Å². The van der Waals surface area contributed by atoms with E-state index in [0.29, 0.717) is 29.6 Å². The fraction of sp³-hybridized carbons (Fsp3) is 0.522. The fourth-order valence-corrected chi connectivity index (χ4v) is 5.76. The number of amides is 1. The van der Waals surface area contributed by atoms with Crippen LogP contribution in [0.3, 0.4) is 0 Å². The van der Waals surface area contributed by atoms with Crippen molar-refractivity contribution in [3.8, 4) is 0 Å². The molecule has 3 aliphatic rings. The summed E-state index contributed by atoms with van der Waals surface area (Å²) in [5.74, 6) is 1.21. The second kappa shape index (κ2) is 7.63. The standard InChI is InChI=1S/C23H28N4O/c28-23(21-9-5-11-24-25-21)26-14-18-12-19(16-26)22-10-4-8-20(27(22)15-18)13-17-6-2-1-3-7-17/h1-3,5-7,9,11,18-20,22H,4,8,10,12-16H2/t18-,19+,20+,22-/m0/s1. The Kier molecular flexibility index (Phi) is 4.85. The maximum Gasteiger partial charge on any atom is 0.274 e. The Morgan fingerprint density at radius 1 is 1.04 bits per heavy atom. The third kappa shape index (κ3) is 3.44. The number of benzene rings is 1. The molecular weight excluding hydrogens is 348 g/mol. The monoisotopic (exact) mass is 376 g/mol. The summed E-state index contributed by atoms with van der Waals surface area (Å²) < 4.78 is 0. The molecule has 5 heteroatoms. The molecule has 1 aromatic heterocycles. The van der Waals surface area contributed by atoms with Gasteiger partial charge in [-0.1, -0.05) is 36.8 Å². The molecule has 0 N–H and O–H groups in total. The van der Waals surface area contributed by atoms with Gasteiger partial charge in [0.15, 0.2) is 5.69 Å². The van der Waals surface area contributed by atoms with Crippen molar-refractivity contribution in [2.75, 3.05) is 19.6 Å². The van der Waals surface area contributed by atoms with Gasteiger partial charge in [-0.2, -0.15) is 5.10 Å². The summed E-state index contributed by atoms with van der Waals surface area (Å²) in [5, 5.41) is 7.92. The highest BCUT2D eigenvalue weighted by Crippen LogP contribution is 2.40. The number of carbonyl (C=O) groups is 1. The Morgan fingerprint density at radius 3 is 2.75 bits per heavy atom. The van der Waals surface area contributed by atoms with Crippen LogP contribution >= 0.6 is 0 Å². The molecule has 1 aromatic carbocycles. The Labute approximate surface area is 166 Å². The van der Waals surface area contributed by atoms with Crippen molar-refractivity contribution in [3.05, 3.63) is 59.9 Å². The molecule has 4 atom stereocenters. The summed E-state index contributed by atoms with van der Waals surface area (Å²) in [4.78, 5) is 17.8. The minimum Gasteiger partial charge on any atom is -0.337 e. The lowest BCUT2D eigenvalue weighted by Crippen LogP contribution is -2.62. The average Bonchev–Trinajstić information content (AvgIpc) is 2.75. The number of carbonyl (C=O) groups excluding carboxylic acids is 1. The molecule has 0 unspecified atom stereocenters. The van der Waals surface area contributed by atoms with Crippen molar-refractivity contribution in [2.24, 2.45) is 11.8 Å². The van der Waals surface area contributed by atoms with Crippen molar-refractivity contribution in [3.63, 3.8) is 0 Å². The van der Waals surface area contributed by atoms with Gasteiger partial charge in [-0.25, -0.2) is 0 Å². The summed E-state index contributed by atoms with van der Waals surface area (Å²) in [6.07, 6.45) is 7.91. The third-order valence-corrected chi connectivity index (χ3v) is 6.91. The molecule has 3 aliphatic heterocycles. The molecular formula is C23H28N4O. The van der Waals surface area contributed by atoms with E-state index in [9.17, 15) is 4.79 Å². The largest absolute Gasteiger partial charge is 0.337 e. The average molecular weight is 377 g/mol. The van der Waals surface area contributed by atoms with Gasteiger partial charge in [-0.05, 0) is 55.2 Å². The van der Waals surface area contributed by atoms with E-state index in [0.717, 1.165) is 26.1 Å². The summed E-state index contributed by atoms with van der Waals surface area (Å²) in [6.45, 7) is 2.85. The zero-order valence-corrected chi connectivity index (χ0v) is 16.3. The van der Waals surface area contributed by atoms with Gasteiger partial charge in [0, 0.05) is 37.9 Å². The van der Waals surface area contributed by atoms with E-state index in [1.54, 1.807) is 18.3 Å². The lowest BCUT2D eigenvalue weighted by molar-refractivity contribution is -0.0500. The molecule has 0 saturated carbocycles. The van der Waals surface area contributed by atoms with Gasteiger partial charge in [-0.3, -0.25) is 9.69 Å². The maximum atomic E-state index is 12.9. The maximum absolute atomic E-state index is 12.9. The molecule has 146 valence electrons. The van der Waals surface area contributed by atoms with Gasteiger partial charge in [0.05, 0.1) is 0 Å². The number of hydrogen-bond donors (Lipinski definition) is 0. The number of rotatable bonds is 3. The summed E-state index contributed by atoms with van der Waals surface area (Å²) >= 11 is 0. The SMILES string of the molecule is O=C(c1cccnn1)N1C[C@@H]2C[C@H](C1)[C@@H]1CCC[C@H](Cc3ccccc3)N1C2. The van der Waals surface area contributed by atoms with Crippen LogP contribution in [0.15, 0.2) is 48.7 Å². The molecule has 1 amide bonds. The first-order chi connectivity index (χ1) is 13.8. The molecule has 28 heavy (non-hydrogen) atoms. The number of piperidine rings is 3. The number of hydrogen-bond acceptors (Lipinski definition) is 4. The molecule has 5 rings (SSSR count). The van der Waals surface area contributed by atoms with Gasteiger partial charge in [0.2, 0.25) is 0 Å². The van der Waals surface area contributed by atoms with E-state index in [1.165, 1.54) is 31.2 Å². The molecule has 0 aliphatic carbocycles. The summed E-state index contributed by atoms with van der Waals surface area (Å²) in [6, 6.07) is 15.8. The normalized spacial score (nSPS) is 29.9. The molecule has 5 nitrogen and oxygen atoms in total. The van der Waals surface area contributed by atoms with Crippen LogP contribution in [0.5, 0.6) is 0 Å². The molecule has 2 aromatic rings. The van der Waals surface area contributed by atoms with Crippen LogP contribution in [-0.4, -0.2) is 57.6 Å². The van der Waals surface area contributed by atoms with Crippen molar-refractivity contribution in [1.82, 2.24) is 20.0 Å². The first-order valence-corrected chi connectivity index (χ1v) is 10.6. The van der Waals surface area contributed by atoms with E-state index in [4.69, 9.17) is 0 Å². The third-order valence-electron chi connectivity index (χ3n) is 6.91. The quantitative estimate of drug-likeness (QED) is 0.826. The van der Waals surface area contributed by atoms with E-state index in [2.05, 4.69) is 45.4 Å². The second-order valence-corrected chi connectivity index (χ2v) is 8.72. The smallest absolute Gasteiger partial charge is 0.274 e. The lowest BCUT2D eigenvalue weighted by Gasteiger charge is -2.55. The summed E-state index contributed by atoms with van der Waals surface area (Å²) in [7, 11) is 0. The van der Waals surface area contributed by atoms with Crippen LogP contribution in [0, 0.1) is 11.8 Å². The van der Waals surface area contributed by atoms with E-state index < -0.39 is 0 Å². The van der Waals surface area contributed by atoms with Gasteiger partial charge < -0.3 is 4.90 Å². The van der Waals surface area contributed by atoms with Gasteiger partial charge >= 0.3 is 0 Å². The van der Waals surface area contributed by atoms with Crippen LogP contribution in [0.25, 0.3) is 0 Å². The Morgan fingerprint density at radius 2 is 1.93 bits per heavy atom. The first-order valence-electron chi connectivity index (χ1n) is 10.6. The van der Waals surface area contributed by atoms with Crippen LogP contribution in [-0.2, 0) is 6.42 Å². The molecule has 3 fully saturated rings. The van der Waals surface area contributed by atoms with Crippen molar-refractivity contribution < 1.29 is 4.79 Å².